The second-order valence-electron chi connectivity index (χ2n) is 8.48. The highest BCUT2D eigenvalue weighted by molar-refractivity contribution is 5.47. The Morgan fingerprint density at radius 3 is 2.17 bits per heavy atom. The van der Waals surface area contributed by atoms with E-state index in [1.165, 1.54) is 72.0 Å². The van der Waals surface area contributed by atoms with E-state index in [1.54, 1.807) is 0 Å². The third-order valence-electron chi connectivity index (χ3n) is 6.27. The molecule has 1 saturated carbocycles. The molecule has 0 aromatic carbocycles. The van der Waals surface area contributed by atoms with E-state index in [0.717, 1.165) is 12.3 Å². The topological polar surface area (TPSA) is 0 Å². The van der Waals surface area contributed by atoms with Gasteiger partial charge in [-0.05, 0) is 88.2 Å². The standard InChI is InChI=1S/C30H44/c1-8-12-17-29(23-27(10-3)22-28-18-14-13-15-19-28)21-20-24(5)25(6)26(7)30(11-4)16-9-2/h8-12,16-17,20,23,28H,3,13-15,18-19,21-22H2,1-2,4-7H3/b12-8-,16-9-,24-20-,26-25-,27-23+,29-17+,30-11+. The second-order valence-corrected chi connectivity index (χ2v) is 8.48. The maximum Gasteiger partial charge on any atom is -0.00915 e. The van der Waals surface area contributed by atoms with Crippen molar-refractivity contribution >= 4 is 0 Å². The number of hydrogen-bond acceptors (Lipinski definition) is 0. The molecule has 0 bridgehead atoms. The summed E-state index contributed by atoms with van der Waals surface area (Å²) in [6, 6.07) is 0. The van der Waals surface area contributed by atoms with E-state index in [0.29, 0.717) is 0 Å². The van der Waals surface area contributed by atoms with Gasteiger partial charge < -0.3 is 0 Å². The van der Waals surface area contributed by atoms with Gasteiger partial charge in [0.2, 0.25) is 0 Å². The highest BCUT2D eigenvalue weighted by Crippen LogP contribution is 2.30. The minimum atomic E-state index is 0.835. The fraction of sp³-hybridized carbons (Fsp3) is 0.467. The molecule has 0 unspecified atom stereocenters. The van der Waals surface area contributed by atoms with Crippen molar-refractivity contribution in [2.45, 2.75) is 86.5 Å². The van der Waals surface area contributed by atoms with Gasteiger partial charge in [-0.3, -0.25) is 0 Å². The van der Waals surface area contributed by atoms with E-state index < -0.39 is 0 Å². The molecule has 1 fully saturated rings. The lowest BCUT2D eigenvalue weighted by atomic mass is 9.84. The van der Waals surface area contributed by atoms with Gasteiger partial charge in [0.1, 0.15) is 0 Å². The Morgan fingerprint density at radius 1 is 0.900 bits per heavy atom. The predicted molar refractivity (Wildman–Crippen MR) is 138 cm³/mol. The molecule has 0 nitrogen and oxygen atoms in total. The maximum atomic E-state index is 4.10. The zero-order valence-electron chi connectivity index (χ0n) is 20.4. The van der Waals surface area contributed by atoms with E-state index in [-0.39, 0.29) is 0 Å². The molecule has 164 valence electrons. The van der Waals surface area contributed by atoms with Crippen molar-refractivity contribution in [3.8, 4) is 0 Å². The highest BCUT2D eigenvalue weighted by Gasteiger charge is 2.14. The molecule has 1 aliphatic carbocycles. The van der Waals surface area contributed by atoms with E-state index in [4.69, 9.17) is 0 Å². The maximum absolute atomic E-state index is 4.10. The van der Waals surface area contributed by atoms with Crippen molar-refractivity contribution in [1.82, 2.24) is 0 Å². The van der Waals surface area contributed by atoms with Gasteiger partial charge in [-0.15, -0.1) is 0 Å². The van der Waals surface area contributed by atoms with Crippen LogP contribution in [0.2, 0.25) is 0 Å². The van der Waals surface area contributed by atoms with Crippen LogP contribution in [0.4, 0.5) is 0 Å². The lowest BCUT2D eigenvalue weighted by Gasteiger charge is -2.22. The minimum absolute atomic E-state index is 0.835. The van der Waals surface area contributed by atoms with Crippen molar-refractivity contribution in [2.75, 3.05) is 0 Å². The van der Waals surface area contributed by atoms with Gasteiger partial charge in [0.25, 0.3) is 0 Å². The molecule has 30 heavy (non-hydrogen) atoms. The first-order valence-corrected chi connectivity index (χ1v) is 11.8. The molecule has 0 aromatic rings. The molecule has 0 heteroatoms. The van der Waals surface area contributed by atoms with Crippen LogP contribution < -0.4 is 0 Å². The fourth-order valence-electron chi connectivity index (χ4n) is 4.11. The molecule has 0 heterocycles. The van der Waals surface area contributed by atoms with Crippen LogP contribution in [0.1, 0.15) is 86.5 Å². The molecule has 0 atom stereocenters. The van der Waals surface area contributed by atoms with Crippen LogP contribution in [0.25, 0.3) is 0 Å². The zero-order valence-corrected chi connectivity index (χ0v) is 20.4. The predicted octanol–water partition coefficient (Wildman–Crippen LogP) is 9.77. The average Bonchev–Trinajstić information content (AvgIpc) is 2.77. The molecule has 1 rings (SSSR count). The summed E-state index contributed by atoms with van der Waals surface area (Å²) in [4.78, 5) is 0. The first-order valence-electron chi connectivity index (χ1n) is 11.8. The fourth-order valence-corrected chi connectivity index (χ4v) is 4.11. The Hall–Kier alpha value is -2.08. The van der Waals surface area contributed by atoms with E-state index in [1.807, 2.05) is 0 Å². The molecule has 0 aromatic heterocycles. The lowest BCUT2D eigenvalue weighted by molar-refractivity contribution is 0.358. The highest BCUT2D eigenvalue weighted by atomic mass is 14.2. The van der Waals surface area contributed by atoms with Gasteiger partial charge in [-0.2, -0.15) is 0 Å². The number of allylic oxidation sites excluding steroid dienone is 15. The summed E-state index contributed by atoms with van der Waals surface area (Å²) >= 11 is 0. The van der Waals surface area contributed by atoms with Gasteiger partial charge in [0.05, 0.1) is 0 Å². The van der Waals surface area contributed by atoms with Crippen molar-refractivity contribution < 1.29 is 0 Å². The molecule has 0 spiro atoms. The van der Waals surface area contributed by atoms with Crippen LogP contribution >= 0.6 is 0 Å². The first kappa shape index (κ1) is 26.0. The van der Waals surface area contributed by atoms with Crippen molar-refractivity contribution in [1.29, 1.82) is 0 Å². The summed E-state index contributed by atoms with van der Waals surface area (Å²) < 4.78 is 0. The largest absolute Gasteiger partial charge is 0.0988 e. The summed E-state index contributed by atoms with van der Waals surface area (Å²) in [5.74, 6) is 0.835. The third-order valence-corrected chi connectivity index (χ3v) is 6.27. The molecule has 0 aliphatic heterocycles. The van der Waals surface area contributed by atoms with Gasteiger partial charge in [0, 0.05) is 0 Å². The van der Waals surface area contributed by atoms with Gasteiger partial charge in [-0.1, -0.05) is 98.9 Å². The summed E-state index contributed by atoms with van der Waals surface area (Å²) in [7, 11) is 0. The Balaban J connectivity index is 3.04. The minimum Gasteiger partial charge on any atom is -0.0988 e. The van der Waals surface area contributed by atoms with E-state index in [2.05, 4.69) is 103 Å². The summed E-state index contributed by atoms with van der Waals surface area (Å²) in [6.45, 7) is 17.0. The Labute approximate surface area is 187 Å². The summed E-state index contributed by atoms with van der Waals surface area (Å²) in [6.07, 6.45) is 28.9. The van der Waals surface area contributed by atoms with Crippen LogP contribution in [0.5, 0.6) is 0 Å². The van der Waals surface area contributed by atoms with Crippen molar-refractivity contribution in [3.63, 3.8) is 0 Å². The molecule has 1 aliphatic rings. The van der Waals surface area contributed by atoms with Crippen LogP contribution in [0.15, 0.2) is 94.7 Å². The molecule has 0 N–H and O–H groups in total. The lowest BCUT2D eigenvalue weighted by Crippen LogP contribution is -2.06. The van der Waals surface area contributed by atoms with Crippen molar-refractivity contribution in [3.05, 3.63) is 94.7 Å². The molecule has 0 amide bonds. The average molecular weight is 405 g/mol. The smallest absolute Gasteiger partial charge is 0.00915 e. The number of hydrogen-bond donors (Lipinski definition) is 0. The Bertz CT molecular complexity index is 750. The summed E-state index contributed by atoms with van der Waals surface area (Å²) in [5.41, 5.74) is 8.10. The summed E-state index contributed by atoms with van der Waals surface area (Å²) in [5, 5.41) is 0. The van der Waals surface area contributed by atoms with Crippen LogP contribution in [-0.4, -0.2) is 0 Å². The van der Waals surface area contributed by atoms with Gasteiger partial charge in [0.15, 0.2) is 0 Å². The van der Waals surface area contributed by atoms with Crippen molar-refractivity contribution in [2.24, 2.45) is 5.92 Å². The third kappa shape index (κ3) is 9.16. The Kier molecular flexibility index (Phi) is 12.8. The normalized spacial score (nSPS) is 19.0. The van der Waals surface area contributed by atoms with Crippen LogP contribution in [0, 0.1) is 5.92 Å². The van der Waals surface area contributed by atoms with Gasteiger partial charge in [-0.25, -0.2) is 0 Å². The van der Waals surface area contributed by atoms with Crippen LogP contribution in [0.3, 0.4) is 0 Å². The van der Waals surface area contributed by atoms with Gasteiger partial charge >= 0.3 is 0 Å². The molecule has 0 saturated heterocycles. The first-order chi connectivity index (χ1) is 14.5. The molecule has 0 radical (unpaired) electrons. The van der Waals surface area contributed by atoms with E-state index >= 15 is 0 Å². The van der Waals surface area contributed by atoms with Crippen LogP contribution in [-0.2, 0) is 0 Å². The molecular formula is C30H44. The zero-order chi connectivity index (χ0) is 22.4. The SMILES string of the molecule is C=C\C(=C/C(=C/C=C\C)C\C=C(C)/C(C)=C(C)\C(\C=C/C)=C\C)CC1CCCCC1. The quantitative estimate of drug-likeness (QED) is 0.318. The monoisotopic (exact) mass is 404 g/mol. The molecular weight excluding hydrogens is 360 g/mol. The Morgan fingerprint density at radius 2 is 1.60 bits per heavy atom. The van der Waals surface area contributed by atoms with E-state index in [9.17, 15) is 0 Å². The second kappa shape index (κ2) is 14.8. The number of rotatable bonds is 10.